The van der Waals surface area contributed by atoms with Crippen LogP contribution in [0.5, 0.6) is 0 Å². The van der Waals surface area contributed by atoms with Gasteiger partial charge in [0.25, 0.3) is 0 Å². The fraction of sp³-hybridized carbons (Fsp3) is 0.368. The summed E-state index contributed by atoms with van der Waals surface area (Å²) in [6.07, 6.45) is 5.92. The van der Waals surface area contributed by atoms with E-state index in [9.17, 15) is 4.79 Å². The van der Waals surface area contributed by atoms with Gasteiger partial charge in [-0.05, 0) is 56.0 Å². The SMILES string of the molecule is Cc1ccc(CC(=O)Nc2cccc(N3CCCCC3)c2)cn1. The van der Waals surface area contributed by atoms with E-state index in [1.807, 2.05) is 31.2 Å². The van der Waals surface area contributed by atoms with Crippen molar-refractivity contribution >= 4 is 17.3 Å². The van der Waals surface area contributed by atoms with Gasteiger partial charge in [-0.2, -0.15) is 0 Å². The number of hydrogen-bond donors (Lipinski definition) is 1. The molecule has 1 fully saturated rings. The Balaban J connectivity index is 1.62. The molecule has 0 unspecified atom stereocenters. The van der Waals surface area contributed by atoms with E-state index >= 15 is 0 Å². The predicted octanol–water partition coefficient (Wildman–Crippen LogP) is 3.56. The van der Waals surface area contributed by atoms with E-state index in [4.69, 9.17) is 0 Å². The molecule has 1 saturated heterocycles. The normalized spacial score (nSPS) is 14.6. The molecule has 0 radical (unpaired) electrons. The van der Waals surface area contributed by atoms with Crippen LogP contribution in [0.25, 0.3) is 0 Å². The minimum Gasteiger partial charge on any atom is -0.371 e. The summed E-state index contributed by atoms with van der Waals surface area (Å²) in [5, 5.41) is 2.99. The highest BCUT2D eigenvalue weighted by atomic mass is 16.1. The second kappa shape index (κ2) is 7.27. The van der Waals surface area contributed by atoms with Crippen LogP contribution in [0.2, 0.25) is 0 Å². The van der Waals surface area contributed by atoms with Gasteiger partial charge in [0, 0.05) is 36.4 Å². The minimum atomic E-state index is -0.00792. The molecule has 0 saturated carbocycles. The number of rotatable bonds is 4. The van der Waals surface area contributed by atoms with Gasteiger partial charge in [-0.1, -0.05) is 12.1 Å². The van der Waals surface area contributed by atoms with Crippen LogP contribution in [0.15, 0.2) is 42.6 Å². The Hall–Kier alpha value is -2.36. The zero-order chi connectivity index (χ0) is 16.1. The van der Waals surface area contributed by atoms with Crippen molar-refractivity contribution in [1.29, 1.82) is 0 Å². The molecule has 120 valence electrons. The molecule has 1 aliphatic rings. The molecular formula is C19H23N3O. The fourth-order valence-electron chi connectivity index (χ4n) is 2.93. The first-order valence-corrected chi connectivity index (χ1v) is 8.27. The number of nitrogens with zero attached hydrogens (tertiary/aromatic N) is 2. The lowest BCUT2D eigenvalue weighted by Gasteiger charge is -2.29. The lowest BCUT2D eigenvalue weighted by atomic mass is 10.1. The zero-order valence-corrected chi connectivity index (χ0v) is 13.6. The standard InChI is InChI=1S/C19H23N3O/c1-15-8-9-16(14-20-15)12-19(23)21-17-6-5-7-18(13-17)22-10-3-2-4-11-22/h5-9,13-14H,2-4,10-12H2,1H3,(H,21,23). The monoisotopic (exact) mass is 309 g/mol. The molecule has 1 aliphatic heterocycles. The van der Waals surface area contributed by atoms with E-state index in [1.54, 1.807) is 6.20 Å². The number of benzene rings is 1. The van der Waals surface area contributed by atoms with Crippen LogP contribution in [0.4, 0.5) is 11.4 Å². The van der Waals surface area contributed by atoms with Crippen molar-refractivity contribution in [1.82, 2.24) is 4.98 Å². The van der Waals surface area contributed by atoms with Crippen LogP contribution in [0, 0.1) is 6.92 Å². The quantitative estimate of drug-likeness (QED) is 0.939. The zero-order valence-electron chi connectivity index (χ0n) is 13.6. The molecular weight excluding hydrogens is 286 g/mol. The summed E-state index contributed by atoms with van der Waals surface area (Å²) in [7, 11) is 0. The van der Waals surface area contributed by atoms with Crippen LogP contribution in [0.3, 0.4) is 0 Å². The Labute approximate surface area is 137 Å². The molecule has 0 aliphatic carbocycles. The van der Waals surface area contributed by atoms with Crippen molar-refractivity contribution in [3.05, 3.63) is 53.9 Å². The molecule has 1 aromatic heterocycles. The molecule has 4 heteroatoms. The molecule has 4 nitrogen and oxygen atoms in total. The first-order valence-electron chi connectivity index (χ1n) is 8.27. The first kappa shape index (κ1) is 15.5. The largest absolute Gasteiger partial charge is 0.371 e. The van der Waals surface area contributed by atoms with Crippen molar-refractivity contribution in [3.63, 3.8) is 0 Å². The number of nitrogens with one attached hydrogen (secondary N) is 1. The summed E-state index contributed by atoms with van der Waals surface area (Å²) in [5.41, 5.74) is 3.95. The van der Waals surface area contributed by atoms with E-state index in [0.717, 1.165) is 30.0 Å². The van der Waals surface area contributed by atoms with E-state index < -0.39 is 0 Å². The number of amides is 1. The lowest BCUT2D eigenvalue weighted by Crippen LogP contribution is -2.29. The van der Waals surface area contributed by atoms with Gasteiger partial charge in [0.1, 0.15) is 0 Å². The molecule has 0 atom stereocenters. The Bertz CT molecular complexity index is 661. The van der Waals surface area contributed by atoms with E-state index in [-0.39, 0.29) is 5.91 Å². The van der Waals surface area contributed by atoms with Gasteiger partial charge >= 0.3 is 0 Å². The number of carbonyl (C=O) groups excluding carboxylic acids is 1. The maximum Gasteiger partial charge on any atom is 0.228 e. The topological polar surface area (TPSA) is 45.2 Å². The molecule has 2 aromatic rings. The molecule has 23 heavy (non-hydrogen) atoms. The van der Waals surface area contributed by atoms with Crippen LogP contribution >= 0.6 is 0 Å². The highest BCUT2D eigenvalue weighted by Gasteiger charge is 2.12. The smallest absolute Gasteiger partial charge is 0.228 e. The second-order valence-corrected chi connectivity index (χ2v) is 6.13. The van der Waals surface area contributed by atoms with E-state index in [2.05, 4.69) is 27.3 Å². The van der Waals surface area contributed by atoms with Crippen molar-refractivity contribution in [2.45, 2.75) is 32.6 Å². The second-order valence-electron chi connectivity index (χ2n) is 6.13. The van der Waals surface area contributed by atoms with Gasteiger partial charge < -0.3 is 10.2 Å². The summed E-state index contributed by atoms with van der Waals surface area (Å²) < 4.78 is 0. The number of piperidine rings is 1. The number of pyridine rings is 1. The molecule has 0 bridgehead atoms. The number of hydrogen-bond acceptors (Lipinski definition) is 3. The number of aromatic nitrogens is 1. The third-order valence-electron chi connectivity index (χ3n) is 4.19. The summed E-state index contributed by atoms with van der Waals surface area (Å²) in [6.45, 7) is 4.15. The molecule has 2 heterocycles. The average Bonchev–Trinajstić information content (AvgIpc) is 2.58. The Morgan fingerprint density at radius 1 is 1.17 bits per heavy atom. The van der Waals surface area contributed by atoms with Crippen LogP contribution in [-0.2, 0) is 11.2 Å². The van der Waals surface area contributed by atoms with Gasteiger partial charge in [-0.25, -0.2) is 0 Å². The summed E-state index contributed by atoms with van der Waals surface area (Å²) in [5.74, 6) is -0.00792. The van der Waals surface area contributed by atoms with E-state index in [0.29, 0.717) is 6.42 Å². The van der Waals surface area contributed by atoms with Gasteiger partial charge in [0.05, 0.1) is 6.42 Å². The molecule has 1 aromatic carbocycles. The fourth-order valence-corrected chi connectivity index (χ4v) is 2.93. The Kier molecular flexibility index (Phi) is 4.91. The minimum absolute atomic E-state index is 0.00792. The summed E-state index contributed by atoms with van der Waals surface area (Å²) >= 11 is 0. The van der Waals surface area contributed by atoms with E-state index in [1.165, 1.54) is 24.9 Å². The van der Waals surface area contributed by atoms with Crippen LogP contribution in [-0.4, -0.2) is 24.0 Å². The number of aryl methyl sites for hydroxylation is 1. The third kappa shape index (κ3) is 4.31. The Morgan fingerprint density at radius 2 is 2.00 bits per heavy atom. The number of anilines is 2. The summed E-state index contributed by atoms with van der Waals surface area (Å²) in [4.78, 5) is 18.8. The van der Waals surface area contributed by atoms with Gasteiger partial charge in [0.2, 0.25) is 5.91 Å². The van der Waals surface area contributed by atoms with Gasteiger partial charge in [0.15, 0.2) is 0 Å². The predicted molar refractivity (Wildman–Crippen MR) is 93.8 cm³/mol. The Morgan fingerprint density at radius 3 is 2.74 bits per heavy atom. The molecule has 0 spiro atoms. The number of carbonyl (C=O) groups is 1. The van der Waals surface area contributed by atoms with Gasteiger partial charge in [-0.15, -0.1) is 0 Å². The lowest BCUT2D eigenvalue weighted by molar-refractivity contribution is -0.115. The highest BCUT2D eigenvalue weighted by Crippen LogP contribution is 2.23. The average molecular weight is 309 g/mol. The van der Waals surface area contributed by atoms with Crippen molar-refractivity contribution in [3.8, 4) is 0 Å². The first-order chi connectivity index (χ1) is 11.2. The van der Waals surface area contributed by atoms with Crippen molar-refractivity contribution in [2.75, 3.05) is 23.3 Å². The maximum atomic E-state index is 12.2. The summed E-state index contributed by atoms with van der Waals surface area (Å²) in [6, 6.07) is 12.0. The van der Waals surface area contributed by atoms with Gasteiger partial charge in [-0.3, -0.25) is 9.78 Å². The molecule has 3 rings (SSSR count). The van der Waals surface area contributed by atoms with Crippen LogP contribution in [0.1, 0.15) is 30.5 Å². The van der Waals surface area contributed by atoms with Crippen molar-refractivity contribution in [2.24, 2.45) is 0 Å². The van der Waals surface area contributed by atoms with Crippen LogP contribution < -0.4 is 10.2 Å². The van der Waals surface area contributed by atoms with Crippen molar-refractivity contribution < 1.29 is 4.79 Å². The third-order valence-corrected chi connectivity index (χ3v) is 4.19. The maximum absolute atomic E-state index is 12.2. The molecule has 1 amide bonds. The highest BCUT2D eigenvalue weighted by molar-refractivity contribution is 5.92. The molecule has 1 N–H and O–H groups in total.